The number of rotatable bonds is 1. The van der Waals surface area contributed by atoms with Gasteiger partial charge in [0.05, 0.1) is 6.54 Å². The molecule has 0 aliphatic carbocycles. The van der Waals surface area contributed by atoms with Gasteiger partial charge in [0.25, 0.3) is 0 Å². The van der Waals surface area contributed by atoms with Crippen molar-refractivity contribution in [2.24, 2.45) is 5.73 Å². The molecule has 2 aromatic rings. The van der Waals surface area contributed by atoms with Crippen LogP contribution in [0.15, 0.2) is 22.7 Å². The minimum atomic E-state index is 0.316. The summed E-state index contributed by atoms with van der Waals surface area (Å²) in [6.45, 7) is 0.316. The van der Waals surface area contributed by atoms with E-state index in [0.29, 0.717) is 23.7 Å². The van der Waals surface area contributed by atoms with Crippen molar-refractivity contribution >= 4 is 11.2 Å². The topological polar surface area (TPSA) is 64.9 Å². The van der Waals surface area contributed by atoms with Crippen molar-refractivity contribution in [1.82, 2.24) is 9.97 Å². The number of pyridine rings is 1. The van der Waals surface area contributed by atoms with Crippen molar-refractivity contribution in [2.75, 3.05) is 0 Å². The molecule has 0 aliphatic rings. The van der Waals surface area contributed by atoms with Gasteiger partial charge in [-0.3, -0.25) is 0 Å². The van der Waals surface area contributed by atoms with E-state index in [1.807, 2.05) is 6.07 Å². The van der Waals surface area contributed by atoms with E-state index in [1.54, 1.807) is 12.3 Å². The van der Waals surface area contributed by atoms with E-state index < -0.39 is 0 Å². The SMILES string of the molecule is NCc1nc2ncccc2o1. The van der Waals surface area contributed by atoms with Crippen LogP contribution in [0.4, 0.5) is 0 Å². The molecule has 11 heavy (non-hydrogen) atoms. The summed E-state index contributed by atoms with van der Waals surface area (Å²) >= 11 is 0. The molecule has 0 saturated heterocycles. The summed E-state index contributed by atoms with van der Waals surface area (Å²) in [6, 6.07) is 3.61. The highest BCUT2D eigenvalue weighted by atomic mass is 16.3. The molecular formula is C7H7N3O. The Kier molecular flexibility index (Phi) is 1.33. The standard InChI is InChI=1S/C7H7N3O/c8-4-6-10-7-5(11-6)2-1-3-9-7/h1-3H,4,8H2. The number of aromatic nitrogens is 2. The summed E-state index contributed by atoms with van der Waals surface area (Å²) in [5.74, 6) is 0.527. The van der Waals surface area contributed by atoms with E-state index in [4.69, 9.17) is 10.2 Å². The monoisotopic (exact) mass is 149 g/mol. The Labute approximate surface area is 63.1 Å². The molecule has 2 heterocycles. The van der Waals surface area contributed by atoms with Gasteiger partial charge >= 0.3 is 0 Å². The second kappa shape index (κ2) is 2.32. The summed E-state index contributed by atoms with van der Waals surface area (Å²) in [7, 11) is 0. The first-order chi connectivity index (χ1) is 5.40. The first-order valence-electron chi connectivity index (χ1n) is 3.30. The van der Waals surface area contributed by atoms with Gasteiger partial charge in [-0.15, -0.1) is 0 Å². The first-order valence-corrected chi connectivity index (χ1v) is 3.30. The van der Waals surface area contributed by atoms with Crippen LogP contribution < -0.4 is 5.73 Å². The molecule has 0 amide bonds. The number of nitrogens with two attached hydrogens (primary N) is 1. The molecule has 0 saturated carbocycles. The van der Waals surface area contributed by atoms with Gasteiger partial charge in [0, 0.05) is 6.20 Å². The fourth-order valence-electron chi connectivity index (χ4n) is 0.901. The molecule has 4 nitrogen and oxygen atoms in total. The average molecular weight is 149 g/mol. The van der Waals surface area contributed by atoms with Crippen LogP contribution in [0.2, 0.25) is 0 Å². The van der Waals surface area contributed by atoms with Gasteiger partial charge in [-0.05, 0) is 12.1 Å². The lowest BCUT2D eigenvalue weighted by molar-refractivity contribution is 0.533. The van der Waals surface area contributed by atoms with Crippen LogP contribution in [-0.2, 0) is 6.54 Å². The summed E-state index contributed by atoms with van der Waals surface area (Å²) in [5, 5.41) is 0. The van der Waals surface area contributed by atoms with Gasteiger partial charge in [-0.1, -0.05) is 0 Å². The van der Waals surface area contributed by atoms with Gasteiger partial charge in [-0.2, -0.15) is 4.98 Å². The number of nitrogens with zero attached hydrogens (tertiary/aromatic N) is 2. The van der Waals surface area contributed by atoms with Gasteiger partial charge < -0.3 is 10.2 Å². The molecule has 0 aromatic carbocycles. The highest BCUT2D eigenvalue weighted by Crippen LogP contribution is 2.10. The Morgan fingerprint density at radius 2 is 2.45 bits per heavy atom. The third kappa shape index (κ3) is 0.969. The van der Waals surface area contributed by atoms with Crippen LogP contribution in [0.25, 0.3) is 11.2 Å². The van der Waals surface area contributed by atoms with Gasteiger partial charge in [0.2, 0.25) is 5.89 Å². The van der Waals surface area contributed by atoms with Crippen LogP contribution in [0, 0.1) is 0 Å². The van der Waals surface area contributed by atoms with Crippen molar-refractivity contribution in [3.63, 3.8) is 0 Å². The fraction of sp³-hybridized carbons (Fsp3) is 0.143. The maximum Gasteiger partial charge on any atom is 0.210 e. The molecular weight excluding hydrogens is 142 g/mol. The minimum absolute atomic E-state index is 0.316. The van der Waals surface area contributed by atoms with Crippen LogP contribution >= 0.6 is 0 Å². The highest BCUT2D eigenvalue weighted by molar-refractivity contribution is 5.66. The smallest absolute Gasteiger partial charge is 0.210 e. The molecule has 0 unspecified atom stereocenters. The minimum Gasteiger partial charge on any atom is -0.438 e. The predicted octanol–water partition coefficient (Wildman–Crippen LogP) is 0.681. The van der Waals surface area contributed by atoms with Gasteiger partial charge in [0.15, 0.2) is 11.2 Å². The molecule has 2 aromatic heterocycles. The second-order valence-electron chi connectivity index (χ2n) is 2.14. The number of oxazole rings is 1. The predicted molar refractivity (Wildman–Crippen MR) is 39.7 cm³/mol. The zero-order valence-corrected chi connectivity index (χ0v) is 5.82. The quantitative estimate of drug-likeness (QED) is 0.647. The number of hydrogen-bond donors (Lipinski definition) is 1. The maximum atomic E-state index is 5.33. The van der Waals surface area contributed by atoms with Crippen LogP contribution in [0.3, 0.4) is 0 Å². The van der Waals surface area contributed by atoms with Crippen LogP contribution in [-0.4, -0.2) is 9.97 Å². The van der Waals surface area contributed by atoms with E-state index in [-0.39, 0.29) is 0 Å². The second-order valence-corrected chi connectivity index (χ2v) is 2.14. The van der Waals surface area contributed by atoms with Gasteiger partial charge in [-0.25, -0.2) is 4.98 Å². The summed E-state index contributed by atoms with van der Waals surface area (Å²) in [6.07, 6.45) is 1.67. The van der Waals surface area contributed by atoms with E-state index in [2.05, 4.69) is 9.97 Å². The first kappa shape index (κ1) is 6.30. The Balaban J connectivity index is 2.69. The third-order valence-corrected chi connectivity index (χ3v) is 1.38. The third-order valence-electron chi connectivity index (χ3n) is 1.38. The molecule has 0 atom stereocenters. The summed E-state index contributed by atoms with van der Waals surface area (Å²) in [5.41, 5.74) is 6.64. The molecule has 0 fully saturated rings. The summed E-state index contributed by atoms with van der Waals surface area (Å²) in [4.78, 5) is 8.02. The van der Waals surface area contributed by atoms with Gasteiger partial charge in [0.1, 0.15) is 0 Å². The molecule has 0 radical (unpaired) electrons. The van der Waals surface area contributed by atoms with E-state index in [1.165, 1.54) is 0 Å². The van der Waals surface area contributed by atoms with Crippen LogP contribution in [0.5, 0.6) is 0 Å². The zero-order chi connectivity index (χ0) is 7.68. The van der Waals surface area contributed by atoms with Crippen LogP contribution in [0.1, 0.15) is 5.89 Å². The Bertz CT molecular complexity index is 335. The van der Waals surface area contributed by atoms with Crippen molar-refractivity contribution in [1.29, 1.82) is 0 Å². The molecule has 2 rings (SSSR count). The van der Waals surface area contributed by atoms with E-state index in [0.717, 1.165) is 0 Å². The Morgan fingerprint density at radius 1 is 1.55 bits per heavy atom. The fourth-order valence-corrected chi connectivity index (χ4v) is 0.901. The molecule has 0 bridgehead atoms. The zero-order valence-electron chi connectivity index (χ0n) is 5.82. The lowest BCUT2D eigenvalue weighted by atomic mass is 10.5. The Morgan fingerprint density at radius 3 is 3.18 bits per heavy atom. The molecule has 56 valence electrons. The number of hydrogen-bond acceptors (Lipinski definition) is 4. The molecule has 0 aliphatic heterocycles. The lowest BCUT2D eigenvalue weighted by Crippen LogP contribution is -1.95. The molecule has 2 N–H and O–H groups in total. The van der Waals surface area contributed by atoms with Crippen molar-refractivity contribution in [3.05, 3.63) is 24.2 Å². The number of fused-ring (bicyclic) bond motifs is 1. The van der Waals surface area contributed by atoms with Crippen molar-refractivity contribution in [3.8, 4) is 0 Å². The maximum absolute atomic E-state index is 5.33. The highest BCUT2D eigenvalue weighted by Gasteiger charge is 2.02. The van der Waals surface area contributed by atoms with Crippen molar-refractivity contribution < 1.29 is 4.42 Å². The average Bonchev–Trinajstić information content (AvgIpc) is 2.46. The summed E-state index contributed by atoms with van der Waals surface area (Å²) < 4.78 is 5.22. The molecule has 4 heteroatoms. The lowest BCUT2D eigenvalue weighted by Gasteiger charge is -1.80. The van der Waals surface area contributed by atoms with E-state index >= 15 is 0 Å². The van der Waals surface area contributed by atoms with Crippen molar-refractivity contribution in [2.45, 2.75) is 6.54 Å². The normalized spacial score (nSPS) is 10.6. The van der Waals surface area contributed by atoms with E-state index in [9.17, 15) is 0 Å². The Hall–Kier alpha value is -1.42. The molecule has 0 spiro atoms. The largest absolute Gasteiger partial charge is 0.438 e.